The number of para-hydroxylation sites is 1. The summed E-state index contributed by atoms with van der Waals surface area (Å²) in [6.45, 7) is 15.4. The van der Waals surface area contributed by atoms with Crippen molar-refractivity contribution in [3.8, 4) is 5.75 Å². The number of ether oxygens (including phenoxy) is 1. The van der Waals surface area contributed by atoms with E-state index in [1.165, 1.54) is 70.6 Å². The number of esters is 1. The first-order chi connectivity index (χ1) is 15.1. The van der Waals surface area contributed by atoms with Crippen LogP contribution >= 0.6 is 0 Å². The Morgan fingerprint density at radius 1 is 0.656 bits per heavy atom. The summed E-state index contributed by atoms with van der Waals surface area (Å²) in [5.41, 5.74) is 2.10. The normalized spacial score (nSPS) is 12.2. The molecule has 1 aromatic carbocycles. The van der Waals surface area contributed by atoms with Crippen molar-refractivity contribution in [2.75, 3.05) is 0 Å². The molecule has 32 heavy (non-hydrogen) atoms. The molecular weight excluding hydrogens is 392 g/mol. The lowest BCUT2D eigenvalue weighted by Gasteiger charge is -2.28. The van der Waals surface area contributed by atoms with Crippen molar-refractivity contribution >= 4 is 5.97 Å². The Morgan fingerprint density at radius 3 is 1.41 bits per heavy atom. The van der Waals surface area contributed by atoms with Crippen LogP contribution in [0.15, 0.2) is 18.2 Å². The summed E-state index contributed by atoms with van der Waals surface area (Å²) < 4.78 is 6.00. The van der Waals surface area contributed by atoms with Gasteiger partial charge in [0.25, 0.3) is 0 Å². The van der Waals surface area contributed by atoms with E-state index in [9.17, 15) is 4.79 Å². The largest absolute Gasteiger partial charge is 0.426 e. The molecule has 0 N–H and O–H groups in total. The second-order valence-corrected chi connectivity index (χ2v) is 11.6. The molecule has 184 valence electrons. The molecule has 1 rings (SSSR count). The smallest absolute Gasteiger partial charge is 0.311 e. The van der Waals surface area contributed by atoms with Gasteiger partial charge >= 0.3 is 5.97 Å². The van der Waals surface area contributed by atoms with Crippen LogP contribution in [0.3, 0.4) is 0 Å². The highest BCUT2D eigenvalue weighted by molar-refractivity contribution is 5.73. The number of hydrogen-bond donors (Lipinski definition) is 0. The molecule has 0 aliphatic rings. The molecule has 1 aromatic rings. The molecule has 2 nitrogen and oxygen atoms in total. The highest BCUT2D eigenvalue weighted by Gasteiger charge is 2.27. The Balaban J connectivity index is 2.32. The van der Waals surface area contributed by atoms with Gasteiger partial charge in [-0.1, -0.05) is 144 Å². The molecule has 2 heteroatoms. The van der Waals surface area contributed by atoms with Gasteiger partial charge in [-0.25, -0.2) is 0 Å². The Morgan fingerprint density at radius 2 is 1.03 bits per heavy atom. The minimum atomic E-state index is -0.0877. The van der Waals surface area contributed by atoms with Crippen LogP contribution in [-0.2, 0) is 15.6 Å². The number of rotatable bonds is 15. The topological polar surface area (TPSA) is 26.3 Å². The second kappa shape index (κ2) is 14.8. The molecule has 0 aliphatic heterocycles. The zero-order valence-electron chi connectivity index (χ0n) is 22.4. The fourth-order valence-electron chi connectivity index (χ4n) is 4.28. The van der Waals surface area contributed by atoms with Crippen molar-refractivity contribution in [3.05, 3.63) is 29.3 Å². The molecule has 0 saturated heterocycles. The van der Waals surface area contributed by atoms with Crippen LogP contribution in [-0.4, -0.2) is 5.97 Å². The lowest BCUT2D eigenvalue weighted by Crippen LogP contribution is -2.21. The SMILES string of the molecule is CCCCCCCCCCCCCCCC(=O)Oc1c(C(C)(C)C)cccc1C(C)(C)C. The predicted molar refractivity (Wildman–Crippen MR) is 140 cm³/mol. The number of hydrogen-bond acceptors (Lipinski definition) is 2. The van der Waals surface area contributed by atoms with Gasteiger partial charge in [-0.15, -0.1) is 0 Å². The van der Waals surface area contributed by atoms with E-state index in [1.807, 2.05) is 0 Å². The minimum Gasteiger partial charge on any atom is -0.426 e. The molecule has 0 aliphatic carbocycles. The predicted octanol–water partition coefficient (Wildman–Crippen LogP) is 9.67. The summed E-state index contributed by atoms with van der Waals surface area (Å²) in [6, 6.07) is 6.29. The number of unbranched alkanes of at least 4 members (excludes halogenated alkanes) is 12. The van der Waals surface area contributed by atoms with Crippen LogP contribution in [0.2, 0.25) is 0 Å². The first-order valence-electron chi connectivity index (χ1n) is 13.4. The fourth-order valence-corrected chi connectivity index (χ4v) is 4.28. The van der Waals surface area contributed by atoms with Crippen LogP contribution in [0.5, 0.6) is 5.75 Å². The molecular formula is C30H52O2. The van der Waals surface area contributed by atoms with Gasteiger partial charge in [0.2, 0.25) is 0 Å². The van der Waals surface area contributed by atoms with E-state index >= 15 is 0 Å². The van der Waals surface area contributed by atoms with Gasteiger partial charge in [0.05, 0.1) is 0 Å². The number of carbonyl (C=O) groups is 1. The van der Waals surface area contributed by atoms with Crippen LogP contribution in [0.4, 0.5) is 0 Å². The molecule has 0 bridgehead atoms. The van der Waals surface area contributed by atoms with Crippen molar-refractivity contribution in [3.63, 3.8) is 0 Å². The third-order valence-electron chi connectivity index (χ3n) is 6.33. The van der Waals surface area contributed by atoms with Crippen molar-refractivity contribution in [1.82, 2.24) is 0 Å². The maximum atomic E-state index is 12.6. The summed E-state index contributed by atoms with van der Waals surface area (Å²) in [7, 11) is 0. The standard InChI is InChI=1S/C30H52O2/c1-8-9-10-11-12-13-14-15-16-17-18-19-20-24-27(31)32-28-25(29(2,3)4)22-21-23-26(28)30(5,6)7/h21-23H,8-20,24H2,1-7H3. The molecule has 0 heterocycles. The van der Waals surface area contributed by atoms with Crippen LogP contribution in [0.25, 0.3) is 0 Å². The molecule has 0 amide bonds. The zero-order valence-corrected chi connectivity index (χ0v) is 22.4. The molecule has 0 fully saturated rings. The van der Waals surface area contributed by atoms with E-state index in [2.05, 4.69) is 66.7 Å². The van der Waals surface area contributed by atoms with Crippen LogP contribution < -0.4 is 4.74 Å². The molecule has 0 unspecified atom stereocenters. The van der Waals surface area contributed by atoms with Gasteiger partial charge < -0.3 is 4.74 Å². The second-order valence-electron chi connectivity index (χ2n) is 11.6. The van der Waals surface area contributed by atoms with Gasteiger partial charge in [-0.05, 0) is 17.3 Å². The van der Waals surface area contributed by atoms with E-state index in [4.69, 9.17) is 4.74 Å². The van der Waals surface area contributed by atoms with Crippen LogP contribution in [0, 0.1) is 0 Å². The summed E-state index contributed by atoms with van der Waals surface area (Å²) in [4.78, 5) is 12.6. The van der Waals surface area contributed by atoms with Gasteiger partial charge in [0.15, 0.2) is 0 Å². The van der Waals surface area contributed by atoms with E-state index in [0.29, 0.717) is 6.42 Å². The molecule has 0 spiro atoms. The Labute approximate surface area is 199 Å². The fraction of sp³-hybridized carbons (Fsp3) is 0.767. The molecule has 0 radical (unpaired) electrons. The minimum absolute atomic E-state index is 0.0631. The zero-order chi connectivity index (χ0) is 24.0. The maximum Gasteiger partial charge on any atom is 0.311 e. The van der Waals surface area contributed by atoms with Gasteiger partial charge in [0.1, 0.15) is 5.75 Å². The van der Waals surface area contributed by atoms with E-state index in [0.717, 1.165) is 29.7 Å². The van der Waals surface area contributed by atoms with Crippen molar-refractivity contribution in [2.45, 2.75) is 149 Å². The summed E-state index contributed by atoms with van der Waals surface area (Å²) in [5, 5.41) is 0. The van der Waals surface area contributed by atoms with Crippen molar-refractivity contribution < 1.29 is 9.53 Å². The average Bonchev–Trinajstić information content (AvgIpc) is 2.70. The van der Waals surface area contributed by atoms with Gasteiger partial charge in [-0.2, -0.15) is 0 Å². The monoisotopic (exact) mass is 444 g/mol. The van der Waals surface area contributed by atoms with Crippen molar-refractivity contribution in [2.24, 2.45) is 0 Å². The molecule has 0 saturated carbocycles. The van der Waals surface area contributed by atoms with E-state index in [1.54, 1.807) is 0 Å². The summed E-state index contributed by atoms with van der Waals surface area (Å²) in [5.74, 6) is 0.697. The molecule has 0 aromatic heterocycles. The third-order valence-corrected chi connectivity index (χ3v) is 6.33. The van der Waals surface area contributed by atoms with Gasteiger partial charge in [0, 0.05) is 17.5 Å². The quantitative estimate of drug-likeness (QED) is 0.153. The van der Waals surface area contributed by atoms with Gasteiger partial charge in [-0.3, -0.25) is 4.79 Å². The van der Waals surface area contributed by atoms with E-state index < -0.39 is 0 Å². The summed E-state index contributed by atoms with van der Waals surface area (Å²) in [6.07, 6.45) is 17.6. The lowest BCUT2D eigenvalue weighted by molar-refractivity contribution is -0.134. The molecule has 0 atom stereocenters. The summed E-state index contributed by atoms with van der Waals surface area (Å²) >= 11 is 0. The average molecular weight is 445 g/mol. The van der Waals surface area contributed by atoms with Crippen molar-refractivity contribution in [1.29, 1.82) is 0 Å². The highest BCUT2D eigenvalue weighted by atomic mass is 16.5. The Hall–Kier alpha value is -1.31. The first-order valence-corrected chi connectivity index (χ1v) is 13.4. The van der Waals surface area contributed by atoms with E-state index in [-0.39, 0.29) is 16.8 Å². The lowest BCUT2D eigenvalue weighted by atomic mass is 9.79. The third kappa shape index (κ3) is 11.5. The Bertz CT molecular complexity index is 614. The Kier molecular flexibility index (Phi) is 13.2. The number of benzene rings is 1. The highest BCUT2D eigenvalue weighted by Crippen LogP contribution is 2.39. The maximum absolute atomic E-state index is 12.6. The first kappa shape index (κ1) is 28.7. The number of carbonyl (C=O) groups excluding carboxylic acids is 1. The van der Waals surface area contributed by atoms with Crippen LogP contribution in [0.1, 0.15) is 149 Å².